The molecule has 0 amide bonds. The van der Waals surface area contributed by atoms with Gasteiger partial charge in [-0.05, 0) is 11.1 Å². The van der Waals surface area contributed by atoms with Gasteiger partial charge in [0.25, 0.3) is 0 Å². The van der Waals surface area contributed by atoms with E-state index in [0.717, 1.165) is 11.1 Å². The van der Waals surface area contributed by atoms with E-state index in [0.29, 0.717) is 0 Å². The van der Waals surface area contributed by atoms with Gasteiger partial charge in [0, 0.05) is 0 Å². The third kappa shape index (κ3) is 2.44. The first-order chi connectivity index (χ1) is 8.27. The number of rotatable bonds is 4. The average molecular weight is 245 g/mol. The third-order valence-corrected chi connectivity index (χ3v) is 3.49. The lowest BCUT2D eigenvalue weighted by Crippen LogP contribution is -2.29. The lowest BCUT2D eigenvalue weighted by molar-refractivity contribution is 0.106. The first-order valence-corrected chi connectivity index (χ1v) is 6.57. The Morgan fingerprint density at radius 1 is 0.882 bits per heavy atom. The van der Waals surface area contributed by atoms with Crippen molar-refractivity contribution in [1.29, 1.82) is 0 Å². The zero-order chi connectivity index (χ0) is 12.1. The SMILES string of the molecule is O=[PH+]CC(O)(c1ccccc1)c1ccccc1. The zero-order valence-corrected chi connectivity index (χ0v) is 10.3. The van der Waals surface area contributed by atoms with Crippen molar-refractivity contribution in [1.82, 2.24) is 0 Å². The van der Waals surface area contributed by atoms with Crippen molar-refractivity contribution in [3.63, 3.8) is 0 Å². The molecule has 1 atom stereocenters. The second kappa shape index (κ2) is 5.22. The minimum Gasteiger partial charge on any atom is -0.376 e. The molecule has 0 spiro atoms. The van der Waals surface area contributed by atoms with Gasteiger partial charge in [0.15, 0.2) is 11.8 Å². The Balaban J connectivity index is 2.50. The Kier molecular flexibility index (Phi) is 3.68. The molecule has 0 aliphatic carbocycles. The molecule has 17 heavy (non-hydrogen) atoms. The molecule has 0 aliphatic heterocycles. The Labute approximate surface area is 102 Å². The first-order valence-electron chi connectivity index (χ1n) is 5.46. The summed E-state index contributed by atoms with van der Waals surface area (Å²) in [6, 6.07) is 18.7. The van der Waals surface area contributed by atoms with Crippen LogP contribution in [0.15, 0.2) is 60.7 Å². The number of hydrogen-bond acceptors (Lipinski definition) is 2. The van der Waals surface area contributed by atoms with Crippen LogP contribution < -0.4 is 0 Å². The lowest BCUT2D eigenvalue weighted by Gasteiger charge is -2.24. The Morgan fingerprint density at radius 2 is 1.29 bits per heavy atom. The van der Waals surface area contributed by atoms with Gasteiger partial charge in [0.2, 0.25) is 0 Å². The highest BCUT2D eigenvalue weighted by Gasteiger charge is 2.34. The highest BCUT2D eigenvalue weighted by Crippen LogP contribution is 2.32. The van der Waals surface area contributed by atoms with E-state index in [-0.39, 0.29) is 6.16 Å². The highest BCUT2D eigenvalue weighted by atomic mass is 31.1. The lowest BCUT2D eigenvalue weighted by atomic mass is 9.88. The normalized spacial score (nSPS) is 11.6. The minimum absolute atomic E-state index is 0.209. The van der Waals surface area contributed by atoms with Gasteiger partial charge in [0.1, 0.15) is 0 Å². The summed E-state index contributed by atoms with van der Waals surface area (Å²) in [5.74, 6) is 0. The van der Waals surface area contributed by atoms with Crippen LogP contribution in [0, 0.1) is 0 Å². The van der Waals surface area contributed by atoms with E-state index in [2.05, 4.69) is 0 Å². The van der Waals surface area contributed by atoms with Gasteiger partial charge in [-0.3, -0.25) is 0 Å². The van der Waals surface area contributed by atoms with Crippen molar-refractivity contribution in [3.8, 4) is 0 Å². The van der Waals surface area contributed by atoms with Crippen LogP contribution in [0.3, 0.4) is 0 Å². The topological polar surface area (TPSA) is 37.3 Å². The van der Waals surface area contributed by atoms with Crippen molar-refractivity contribution >= 4 is 8.46 Å². The van der Waals surface area contributed by atoms with E-state index in [9.17, 15) is 9.67 Å². The molecule has 2 aromatic rings. The molecule has 2 rings (SSSR count). The fourth-order valence-electron chi connectivity index (χ4n) is 1.90. The van der Waals surface area contributed by atoms with Gasteiger partial charge in [-0.25, -0.2) is 0 Å². The molecule has 0 heterocycles. The minimum atomic E-state index is -1.16. The van der Waals surface area contributed by atoms with Crippen molar-refractivity contribution in [2.24, 2.45) is 0 Å². The van der Waals surface area contributed by atoms with Crippen LogP contribution in [-0.2, 0) is 10.2 Å². The van der Waals surface area contributed by atoms with Crippen LogP contribution in [0.1, 0.15) is 11.1 Å². The van der Waals surface area contributed by atoms with Gasteiger partial charge in [-0.2, -0.15) is 0 Å². The van der Waals surface area contributed by atoms with Gasteiger partial charge in [-0.1, -0.05) is 65.2 Å². The summed E-state index contributed by atoms with van der Waals surface area (Å²) in [5, 5.41) is 10.8. The quantitative estimate of drug-likeness (QED) is 0.841. The van der Waals surface area contributed by atoms with Gasteiger partial charge in [0.05, 0.1) is 0 Å². The maximum Gasteiger partial charge on any atom is 0.328 e. The first kappa shape index (κ1) is 12.0. The molecule has 1 unspecified atom stereocenters. The van der Waals surface area contributed by atoms with Crippen molar-refractivity contribution in [2.45, 2.75) is 5.60 Å². The molecule has 0 aromatic heterocycles. The molecular weight excluding hydrogens is 231 g/mol. The average Bonchev–Trinajstić information content (AvgIpc) is 2.41. The molecule has 0 aliphatic rings. The predicted molar refractivity (Wildman–Crippen MR) is 69.8 cm³/mol. The molecule has 0 bridgehead atoms. The van der Waals surface area contributed by atoms with Gasteiger partial charge in [-0.15, -0.1) is 0 Å². The summed E-state index contributed by atoms with van der Waals surface area (Å²) in [6.45, 7) is 0. The smallest absolute Gasteiger partial charge is 0.328 e. The largest absolute Gasteiger partial charge is 0.376 e. The third-order valence-electron chi connectivity index (χ3n) is 2.83. The molecule has 0 fully saturated rings. The molecule has 2 nitrogen and oxygen atoms in total. The second-order valence-electron chi connectivity index (χ2n) is 3.91. The van der Waals surface area contributed by atoms with Gasteiger partial charge < -0.3 is 5.11 Å². The second-order valence-corrected chi connectivity index (χ2v) is 4.56. The van der Waals surface area contributed by atoms with E-state index in [4.69, 9.17) is 0 Å². The van der Waals surface area contributed by atoms with E-state index in [1.165, 1.54) is 0 Å². The van der Waals surface area contributed by atoms with E-state index < -0.39 is 14.1 Å². The fraction of sp³-hybridized carbons (Fsp3) is 0.143. The standard InChI is InChI=1S/C14H13O2P/c15-14(11-17-16,12-7-3-1-4-8-12)13-9-5-2-6-10-13/h1-10,15H,11H2/p+1. The maximum atomic E-state index is 11.0. The van der Waals surface area contributed by atoms with Crippen molar-refractivity contribution in [3.05, 3.63) is 71.8 Å². The fourth-order valence-corrected chi connectivity index (χ4v) is 2.52. The summed E-state index contributed by atoms with van der Waals surface area (Å²) in [4.78, 5) is 0. The summed E-state index contributed by atoms with van der Waals surface area (Å²) in [7, 11) is -0.540. The molecule has 0 radical (unpaired) electrons. The molecule has 86 valence electrons. The van der Waals surface area contributed by atoms with Crippen LogP contribution >= 0.6 is 8.46 Å². The Hall–Kier alpha value is -1.50. The van der Waals surface area contributed by atoms with Gasteiger partial charge >= 0.3 is 8.46 Å². The summed E-state index contributed by atoms with van der Waals surface area (Å²) >= 11 is 0. The zero-order valence-electron chi connectivity index (χ0n) is 9.34. The predicted octanol–water partition coefficient (Wildman–Crippen LogP) is 2.95. The summed E-state index contributed by atoms with van der Waals surface area (Å²) in [6.07, 6.45) is 0.209. The van der Waals surface area contributed by atoms with Crippen LogP contribution in [0.4, 0.5) is 0 Å². The Bertz CT molecular complexity index is 443. The van der Waals surface area contributed by atoms with Crippen LogP contribution in [-0.4, -0.2) is 11.3 Å². The number of aliphatic hydroxyl groups is 1. The van der Waals surface area contributed by atoms with E-state index in [1.54, 1.807) is 0 Å². The van der Waals surface area contributed by atoms with Crippen LogP contribution in [0.2, 0.25) is 0 Å². The molecule has 0 saturated heterocycles. The molecule has 1 N–H and O–H groups in total. The molecular formula is C14H14O2P+. The molecule has 0 saturated carbocycles. The highest BCUT2D eigenvalue weighted by molar-refractivity contribution is 7.23. The van der Waals surface area contributed by atoms with E-state index >= 15 is 0 Å². The van der Waals surface area contributed by atoms with Crippen molar-refractivity contribution in [2.75, 3.05) is 6.16 Å². The van der Waals surface area contributed by atoms with Crippen LogP contribution in [0.25, 0.3) is 0 Å². The van der Waals surface area contributed by atoms with Crippen LogP contribution in [0.5, 0.6) is 0 Å². The van der Waals surface area contributed by atoms with E-state index in [1.807, 2.05) is 60.7 Å². The van der Waals surface area contributed by atoms with Crippen molar-refractivity contribution < 1.29 is 9.67 Å². The maximum absolute atomic E-state index is 11.0. The molecule has 2 aromatic carbocycles. The number of hydrogen-bond donors (Lipinski definition) is 1. The molecule has 3 heteroatoms. The summed E-state index contributed by atoms with van der Waals surface area (Å²) < 4.78 is 11.0. The number of benzene rings is 2. The Morgan fingerprint density at radius 3 is 1.65 bits per heavy atom. The summed E-state index contributed by atoms with van der Waals surface area (Å²) in [5.41, 5.74) is 0.381. The monoisotopic (exact) mass is 245 g/mol.